The van der Waals surface area contributed by atoms with Crippen LogP contribution in [0.25, 0.3) is 0 Å². The first kappa shape index (κ1) is 18.2. The highest BCUT2D eigenvalue weighted by atomic mass is 32.3. The Balaban J connectivity index is 0. The van der Waals surface area contributed by atoms with Crippen LogP contribution < -0.4 is 11.7 Å². The number of rotatable bonds is 0. The Bertz CT molecular complexity index is 385. The molecule has 0 spiro atoms. The van der Waals surface area contributed by atoms with E-state index in [-0.39, 0.29) is 0 Å². The van der Waals surface area contributed by atoms with Gasteiger partial charge >= 0.3 is 16.6 Å². The van der Waals surface area contributed by atoms with E-state index in [9.17, 15) is 13.2 Å². The molecule has 1 aromatic carbocycles. The van der Waals surface area contributed by atoms with Crippen molar-refractivity contribution in [2.75, 3.05) is 0 Å². The molecule has 6 N–H and O–H groups in total. The molecule has 0 aromatic heterocycles. The lowest BCUT2D eigenvalue weighted by Gasteiger charge is -2.03. The van der Waals surface area contributed by atoms with Crippen LogP contribution in [0.3, 0.4) is 0 Å². The zero-order chi connectivity index (χ0) is 14.1. The van der Waals surface area contributed by atoms with Crippen molar-refractivity contribution in [2.24, 2.45) is 11.7 Å². The van der Waals surface area contributed by atoms with E-state index in [0.717, 1.165) is 12.1 Å². The van der Waals surface area contributed by atoms with Gasteiger partial charge < -0.3 is 0 Å². The van der Waals surface area contributed by atoms with Crippen LogP contribution in [0.15, 0.2) is 30.3 Å². The SMILES string of the molecule is FC(F)(F)c1ccccc1.NN.O=S(=O)(O)O. The van der Waals surface area contributed by atoms with Gasteiger partial charge in [-0.25, -0.2) is 0 Å². The lowest BCUT2D eigenvalue weighted by Crippen LogP contribution is -2.03. The maximum absolute atomic E-state index is 11.8. The molecule has 10 heteroatoms. The molecule has 0 aliphatic heterocycles. The Hall–Kier alpha value is -1.20. The van der Waals surface area contributed by atoms with Crippen molar-refractivity contribution in [1.29, 1.82) is 0 Å². The first-order valence-electron chi connectivity index (χ1n) is 3.76. The van der Waals surface area contributed by atoms with E-state index in [1.807, 2.05) is 0 Å². The van der Waals surface area contributed by atoms with Gasteiger partial charge in [0.05, 0.1) is 5.56 Å². The molecule has 0 amide bonds. The fourth-order valence-corrected chi connectivity index (χ4v) is 0.627. The van der Waals surface area contributed by atoms with Crippen LogP contribution >= 0.6 is 0 Å². The van der Waals surface area contributed by atoms with Crippen molar-refractivity contribution >= 4 is 10.4 Å². The molecule has 0 radical (unpaired) electrons. The molecule has 1 rings (SSSR count). The van der Waals surface area contributed by atoms with Crippen LogP contribution in [0.2, 0.25) is 0 Å². The van der Waals surface area contributed by atoms with Gasteiger partial charge in [-0.3, -0.25) is 20.8 Å². The molecule has 0 bridgehead atoms. The Labute approximate surface area is 95.6 Å². The van der Waals surface area contributed by atoms with Gasteiger partial charge in [0.1, 0.15) is 0 Å². The summed E-state index contributed by atoms with van der Waals surface area (Å²) in [5, 5.41) is 0. The highest BCUT2D eigenvalue weighted by Crippen LogP contribution is 2.28. The molecule has 0 saturated heterocycles. The smallest absolute Gasteiger partial charge is 0.274 e. The molecular formula is C7H11F3N2O4S. The second kappa shape index (κ2) is 7.97. The Morgan fingerprint density at radius 2 is 1.29 bits per heavy atom. The third-order valence-electron chi connectivity index (χ3n) is 1.10. The van der Waals surface area contributed by atoms with Crippen molar-refractivity contribution in [3.8, 4) is 0 Å². The molecule has 0 unspecified atom stereocenters. The molecule has 0 atom stereocenters. The van der Waals surface area contributed by atoms with E-state index in [1.54, 1.807) is 6.07 Å². The Kier molecular flexibility index (Phi) is 8.52. The average molecular weight is 276 g/mol. The molecule has 100 valence electrons. The van der Waals surface area contributed by atoms with Gasteiger partial charge in [-0.05, 0) is 0 Å². The maximum atomic E-state index is 11.8. The van der Waals surface area contributed by atoms with Gasteiger partial charge in [0.2, 0.25) is 0 Å². The summed E-state index contributed by atoms with van der Waals surface area (Å²) < 4.78 is 66.9. The van der Waals surface area contributed by atoms with Crippen LogP contribution in [0.1, 0.15) is 5.56 Å². The first-order valence-corrected chi connectivity index (χ1v) is 5.16. The minimum atomic E-state index is -4.67. The summed E-state index contributed by atoms with van der Waals surface area (Å²) in [4.78, 5) is 0. The van der Waals surface area contributed by atoms with Crippen molar-refractivity contribution in [3.05, 3.63) is 35.9 Å². The van der Waals surface area contributed by atoms with Crippen LogP contribution in [0.4, 0.5) is 13.2 Å². The lowest BCUT2D eigenvalue weighted by molar-refractivity contribution is -0.137. The third-order valence-corrected chi connectivity index (χ3v) is 1.10. The molecule has 17 heavy (non-hydrogen) atoms. The summed E-state index contributed by atoms with van der Waals surface area (Å²) in [7, 11) is -4.67. The van der Waals surface area contributed by atoms with Gasteiger partial charge in [0, 0.05) is 0 Å². The van der Waals surface area contributed by atoms with Crippen molar-refractivity contribution in [1.82, 2.24) is 0 Å². The standard InChI is InChI=1S/C7H5F3.H4N2.H2O4S/c8-7(9,10)6-4-2-1-3-5-6;1-2;1-5(2,3)4/h1-5H;1-2H2;(H2,1,2,3,4). The van der Waals surface area contributed by atoms with Crippen LogP contribution in [-0.4, -0.2) is 17.5 Å². The van der Waals surface area contributed by atoms with Gasteiger partial charge in [0.15, 0.2) is 0 Å². The van der Waals surface area contributed by atoms with Crippen molar-refractivity contribution < 1.29 is 30.7 Å². The highest BCUT2D eigenvalue weighted by Gasteiger charge is 2.29. The lowest BCUT2D eigenvalue weighted by atomic mass is 10.2. The molecule has 0 saturated carbocycles. The van der Waals surface area contributed by atoms with E-state index in [2.05, 4.69) is 11.7 Å². The molecular weight excluding hydrogens is 265 g/mol. The minimum Gasteiger partial charge on any atom is -0.274 e. The summed E-state index contributed by atoms with van der Waals surface area (Å²) in [6.45, 7) is 0. The van der Waals surface area contributed by atoms with E-state index >= 15 is 0 Å². The molecule has 0 aliphatic carbocycles. The van der Waals surface area contributed by atoms with Gasteiger partial charge in [0.25, 0.3) is 0 Å². The zero-order valence-electron chi connectivity index (χ0n) is 8.29. The number of hydrogen-bond donors (Lipinski definition) is 4. The normalized spacial score (nSPS) is 10.5. The molecule has 0 aliphatic rings. The van der Waals surface area contributed by atoms with Crippen LogP contribution in [0, 0.1) is 0 Å². The summed E-state index contributed by atoms with van der Waals surface area (Å²) in [5.74, 6) is 8.00. The maximum Gasteiger partial charge on any atom is 0.416 e. The summed E-state index contributed by atoms with van der Waals surface area (Å²) in [6.07, 6.45) is -4.21. The second-order valence-corrected chi connectivity index (χ2v) is 3.21. The predicted molar refractivity (Wildman–Crippen MR) is 54.0 cm³/mol. The zero-order valence-corrected chi connectivity index (χ0v) is 9.11. The molecule has 0 fully saturated rings. The number of hydrazine groups is 1. The Morgan fingerprint density at radius 1 is 1.00 bits per heavy atom. The topological polar surface area (TPSA) is 127 Å². The van der Waals surface area contributed by atoms with E-state index in [0.29, 0.717) is 0 Å². The molecule has 1 aromatic rings. The quantitative estimate of drug-likeness (QED) is 0.316. The van der Waals surface area contributed by atoms with E-state index in [1.165, 1.54) is 12.1 Å². The first-order chi connectivity index (χ1) is 7.61. The fraction of sp³-hybridized carbons (Fsp3) is 0.143. The molecule has 0 heterocycles. The van der Waals surface area contributed by atoms with Gasteiger partial charge in [-0.2, -0.15) is 21.6 Å². The number of alkyl halides is 3. The second-order valence-electron chi connectivity index (χ2n) is 2.31. The largest absolute Gasteiger partial charge is 0.416 e. The number of halogens is 3. The fourth-order valence-electron chi connectivity index (χ4n) is 0.627. The summed E-state index contributed by atoms with van der Waals surface area (Å²) in [5.41, 5.74) is -0.602. The summed E-state index contributed by atoms with van der Waals surface area (Å²) >= 11 is 0. The number of benzene rings is 1. The van der Waals surface area contributed by atoms with Crippen molar-refractivity contribution in [2.45, 2.75) is 6.18 Å². The van der Waals surface area contributed by atoms with Crippen LogP contribution in [-0.2, 0) is 16.6 Å². The average Bonchev–Trinajstić information content (AvgIpc) is 2.18. The monoisotopic (exact) mass is 276 g/mol. The third kappa shape index (κ3) is 14.8. The molecule has 6 nitrogen and oxygen atoms in total. The van der Waals surface area contributed by atoms with E-state index in [4.69, 9.17) is 17.5 Å². The van der Waals surface area contributed by atoms with Crippen LogP contribution in [0.5, 0.6) is 0 Å². The number of hydrogen-bond acceptors (Lipinski definition) is 4. The van der Waals surface area contributed by atoms with E-state index < -0.39 is 22.1 Å². The van der Waals surface area contributed by atoms with Crippen molar-refractivity contribution in [3.63, 3.8) is 0 Å². The number of nitrogens with two attached hydrogens (primary N) is 2. The Morgan fingerprint density at radius 3 is 1.47 bits per heavy atom. The van der Waals surface area contributed by atoms with Gasteiger partial charge in [-0.15, -0.1) is 0 Å². The van der Waals surface area contributed by atoms with Gasteiger partial charge in [-0.1, -0.05) is 30.3 Å². The highest BCUT2D eigenvalue weighted by molar-refractivity contribution is 7.79. The predicted octanol–water partition coefficient (Wildman–Crippen LogP) is 0.871. The summed E-state index contributed by atoms with van der Waals surface area (Å²) in [6, 6.07) is 6.36. The minimum absolute atomic E-state index is 0.602.